The predicted molar refractivity (Wildman–Crippen MR) is 208 cm³/mol. The molecule has 0 spiro atoms. The molecule has 0 fully saturated rings. The lowest BCUT2D eigenvalue weighted by Gasteiger charge is -2.28. The Morgan fingerprint density at radius 3 is 1.94 bits per heavy atom. The molecule has 0 aliphatic heterocycles. The second-order valence-corrected chi connectivity index (χ2v) is 13.8. The number of hydrogen-bond donors (Lipinski definition) is 0. The largest absolute Gasteiger partial charge is 0.310 e. The van der Waals surface area contributed by atoms with Crippen LogP contribution >= 0.6 is 11.3 Å². The number of para-hydroxylation sites is 2. The van der Waals surface area contributed by atoms with E-state index >= 15 is 0 Å². The van der Waals surface area contributed by atoms with Gasteiger partial charge in [0.05, 0.1) is 11.0 Å². The average molecular weight is 635 g/mol. The molecule has 7 aromatic carbocycles. The van der Waals surface area contributed by atoms with Crippen LogP contribution in [0, 0.1) is 20.8 Å². The monoisotopic (exact) mass is 634 g/mol. The van der Waals surface area contributed by atoms with Crippen molar-refractivity contribution in [3.8, 4) is 16.8 Å². The van der Waals surface area contributed by atoms with Crippen molar-refractivity contribution in [2.75, 3.05) is 4.90 Å². The van der Waals surface area contributed by atoms with Crippen LogP contribution in [-0.2, 0) is 0 Å². The molecule has 0 saturated carbocycles. The average Bonchev–Trinajstić information content (AvgIpc) is 3.66. The Labute approximate surface area is 284 Å². The van der Waals surface area contributed by atoms with E-state index in [1.54, 1.807) is 0 Å². The number of benzene rings is 7. The number of nitrogens with zero attached hydrogens (tertiary/aromatic N) is 2. The van der Waals surface area contributed by atoms with Gasteiger partial charge in [-0.1, -0.05) is 84.9 Å². The van der Waals surface area contributed by atoms with Gasteiger partial charge in [0, 0.05) is 53.7 Å². The smallest absolute Gasteiger partial charge is 0.0548 e. The molecule has 0 atom stereocenters. The summed E-state index contributed by atoms with van der Waals surface area (Å²) in [5.41, 5.74) is 13.4. The Morgan fingerprint density at radius 2 is 1.12 bits per heavy atom. The minimum Gasteiger partial charge on any atom is -0.310 e. The van der Waals surface area contributed by atoms with Gasteiger partial charge in [0.15, 0.2) is 0 Å². The molecule has 3 heteroatoms. The maximum Gasteiger partial charge on any atom is 0.0548 e. The van der Waals surface area contributed by atoms with Crippen LogP contribution in [0.1, 0.15) is 16.7 Å². The second kappa shape index (κ2) is 11.3. The molecule has 230 valence electrons. The molecular formula is C45H34N2S. The first-order valence-electron chi connectivity index (χ1n) is 16.5. The Hall–Kier alpha value is -5.64. The van der Waals surface area contributed by atoms with Gasteiger partial charge in [-0.15, -0.1) is 11.3 Å². The molecule has 0 aliphatic carbocycles. The van der Waals surface area contributed by atoms with Gasteiger partial charge in [0.1, 0.15) is 0 Å². The number of anilines is 3. The number of rotatable bonds is 5. The van der Waals surface area contributed by atoms with Gasteiger partial charge in [-0.3, -0.25) is 0 Å². The van der Waals surface area contributed by atoms with Gasteiger partial charge in [-0.25, -0.2) is 0 Å². The molecule has 0 amide bonds. The third kappa shape index (κ3) is 4.46. The summed E-state index contributed by atoms with van der Waals surface area (Å²) in [6.07, 6.45) is 0. The van der Waals surface area contributed by atoms with E-state index in [-0.39, 0.29) is 0 Å². The highest BCUT2D eigenvalue weighted by Gasteiger charge is 2.20. The molecule has 0 bridgehead atoms. The van der Waals surface area contributed by atoms with Crippen LogP contribution < -0.4 is 4.90 Å². The molecule has 0 N–H and O–H groups in total. The van der Waals surface area contributed by atoms with Crippen molar-refractivity contribution in [2.24, 2.45) is 0 Å². The molecular weight excluding hydrogens is 601 g/mol. The zero-order chi connectivity index (χ0) is 32.4. The first-order chi connectivity index (χ1) is 23.6. The fourth-order valence-electron chi connectivity index (χ4n) is 7.46. The van der Waals surface area contributed by atoms with E-state index in [2.05, 4.69) is 182 Å². The molecule has 2 aromatic heterocycles. The molecule has 2 heterocycles. The van der Waals surface area contributed by atoms with Crippen molar-refractivity contribution < 1.29 is 0 Å². The third-order valence-electron chi connectivity index (χ3n) is 9.81. The van der Waals surface area contributed by atoms with E-state index in [1.807, 2.05) is 11.3 Å². The quantitative estimate of drug-likeness (QED) is 0.183. The summed E-state index contributed by atoms with van der Waals surface area (Å²) < 4.78 is 5.10. The van der Waals surface area contributed by atoms with Crippen LogP contribution in [-0.4, -0.2) is 4.57 Å². The SMILES string of the molecule is Cc1ccccc1-c1cc(N(c2ccc(-n3c4ccccc4c4c5c(ccc43)sc3ccccc35)cc2)c2ccccc2C)ccc1C. The highest BCUT2D eigenvalue weighted by molar-refractivity contribution is 7.26. The Kier molecular flexibility index (Phi) is 6.70. The van der Waals surface area contributed by atoms with Crippen LogP contribution in [0.3, 0.4) is 0 Å². The topological polar surface area (TPSA) is 8.17 Å². The highest BCUT2D eigenvalue weighted by Crippen LogP contribution is 2.44. The first kappa shape index (κ1) is 28.6. The van der Waals surface area contributed by atoms with Gasteiger partial charge in [-0.05, 0) is 115 Å². The van der Waals surface area contributed by atoms with Crippen molar-refractivity contribution in [2.45, 2.75) is 20.8 Å². The third-order valence-corrected chi connectivity index (χ3v) is 10.9. The number of aryl methyl sites for hydroxylation is 3. The summed E-state index contributed by atoms with van der Waals surface area (Å²) in [4.78, 5) is 2.40. The van der Waals surface area contributed by atoms with Crippen LogP contribution in [0.15, 0.2) is 152 Å². The normalized spacial score (nSPS) is 11.6. The second-order valence-electron chi connectivity index (χ2n) is 12.7. The van der Waals surface area contributed by atoms with Crippen molar-refractivity contribution in [1.82, 2.24) is 4.57 Å². The van der Waals surface area contributed by atoms with Crippen LogP contribution in [0.25, 0.3) is 58.8 Å². The number of aromatic nitrogens is 1. The molecule has 0 unspecified atom stereocenters. The van der Waals surface area contributed by atoms with Crippen molar-refractivity contribution in [1.29, 1.82) is 0 Å². The molecule has 48 heavy (non-hydrogen) atoms. The first-order valence-corrected chi connectivity index (χ1v) is 17.3. The molecule has 9 rings (SSSR count). The summed E-state index contributed by atoms with van der Waals surface area (Å²) in [6, 6.07) is 55.5. The van der Waals surface area contributed by atoms with Crippen molar-refractivity contribution in [3.63, 3.8) is 0 Å². The standard InChI is InChI=1S/C45H34N2S/c1-29-12-4-6-14-35(29)38-28-34(21-20-30(38)2)46(39-17-9-5-13-31(39)3)32-22-24-33(25-23-32)47-40-18-10-7-15-36(40)44-41(47)26-27-43-45(44)37-16-8-11-19-42(37)48-43/h4-28H,1-3H3. The minimum absolute atomic E-state index is 1.12. The van der Waals surface area contributed by atoms with E-state index in [1.165, 1.54) is 75.5 Å². The van der Waals surface area contributed by atoms with E-state index in [0.717, 1.165) is 17.1 Å². The Bertz CT molecular complexity index is 2660. The van der Waals surface area contributed by atoms with E-state index in [0.29, 0.717) is 0 Å². The van der Waals surface area contributed by atoms with Crippen molar-refractivity contribution >= 4 is 70.4 Å². The number of fused-ring (bicyclic) bond motifs is 7. The minimum atomic E-state index is 1.12. The molecule has 9 aromatic rings. The number of thiophene rings is 1. The van der Waals surface area contributed by atoms with Crippen LogP contribution in [0.4, 0.5) is 17.1 Å². The summed E-state index contributed by atoms with van der Waals surface area (Å²) >= 11 is 1.88. The van der Waals surface area contributed by atoms with Crippen LogP contribution in [0.2, 0.25) is 0 Å². The fraction of sp³-hybridized carbons (Fsp3) is 0.0667. The fourth-order valence-corrected chi connectivity index (χ4v) is 8.57. The van der Waals surface area contributed by atoms with Gasteiger partial charge < -0.3 is 9.47 Å². The molecule has 0 saturated heterocycles. The lowest BCUT2D eigenvalue weighted by Crippen LogP contribution is -2.12. The Balaban J connectivity index is 1.23. The summed E-state index contributed by atoms with van der Waals surface area (Å²) in [5.74, 6) is 0. The van der Waals surface area contributed by atoms with Crippen molar-refractivity contribution in [3.05, 3.63) is 168 Å². The highest BCUT2D eigenvalue weighted by atomic mass is 32.1. The van der Waals surface area contributed by atoms with E-state index in [9.17, 15) is 0 Å². The molecule has 2 nitrogen and oxygen atoms in total. The summed E-state index contributed by atoms with van der Waals surface area (Å²) in [6.45, 7) is 6.59. The summed E-state index contributed by atoms with van der Waals surface area (Å²) in [5, 5.41) is 5.30. The zero-order valence-corrected chi connectivity index (χ0v) is 28.1. The predicted octanol–water partition coefficient (Wildman–Crippen LogP) is 13.2. The lowest BCUT2D eigenvalue weighted by molar-refractivity contribution is 1.17. The maximum atomic E-state index is 2.43. The lowest BCUT2D eigenvalue weighted by atomic mass is 9.95. The molecule has 0 radical (unpaired) electrons. The van der Waals surface area contributed by atoms with Gasteiger partial charge in [0.25, 0.3) is 0 Å². The van der Waals surface area contributed by atoms with Gasteiger partial charge in [0.2, 0.25) is 0 Å². The van der Waals surface area contributed by atoms with E-state index < -0.39 is 0 Å². The van der Waals surface area contributed by atoms with E-state index in [4.69, 9.17) is 0 Å². The number of hydrogen-bond acceptors (Lipinski definition) is 2. The molecule has 0 aliphatic rings. The maximum absolute atomic E-state index is 2.43. The van der Waals surface area contributed by atoms with Gasteiger partial charge in [-0.2, -0.15) is 0 Å². The Morgan fingerprint density at radius 1 is 0.458 bits per heavy atom. The zero-order valence-electron chi connectivity index (χ0n) is 27.2. The van der Waals surface area contributed by atoms with Crippen LogP contribution in [0.5, 0.6) is 0 Å². The summed E-state index contributed by atoms with van der Waals surface area (Å²) in [7, 11) is 0. The van der Waals surface area contributed by atoms with Gasteiger partial charge >= 0.3 is 0 Å².